The van der Waals surface area contributed by atoms with E-state index in [0.29, 0.717) is 18.8 Å². The number of hydrogen-bond acceptors (Lipinski definition) is 5. The molecule has 0 N–H and O–H groups in total. The van der Waals surface area contributed by atoms with Crippen molar-refractivity contribution in [3.8, 4) is 10.6 Å². The summed E-state index contributed by atoms with van der Waals surface area (Å²) in [5.74, 6) is 0.0629. The van der Waals surface area contributed by atoms with Crippen molar-refractivity contribution in [2.24, 2.45) is 0 Å². The van der Waals surface area contributed by atoms with Crippen LogP contribution in [0.5, 0.6) is 0 Å². The van der Waals surface area contributed by atoms with Gasteiger partial charge in [0, 0.05) is 22.9 Å². The second-order valence-corrected chi connectivity index (χ2v) is 7.09. The van der Waals surface area contributed by atoms with Gasteiger partial charge in [0.15, 0.2) is 0 Å². The molecule has 2 atom stereocenters. The first-order chi connectivity index (χ1) is 10.3. The summed E-state index contributed by atoms with van der Waals surface area (Å²) < 4.78 is 5.77. The lowest BCUT2D eigenvalue weighted by Crippen LogP contribution is -2.51. The van der Waals surface area contributed by atoms with Crippen LogP contribution in [-0.4, -0.2) is 41.1 Å². The number of amides is 1. The molecule has 2 aliphatic rings. The summed E-state index contributed by atoms with van der Waals surface area (Å²) in [4.78, 5) is 19.3. The fourth-order valence-corrected chi connectivity index (χ4v) is 4.72. The molecule has 21 heavy (non-hydrogen) atoms. The number of aromatic nitrogens is 1. The topological polar surface area (TPSA) is 42.4 Å². The van der Waals surface area contributed by atoms with E-state index in [4.69, 9.17) is 4.74 Å². The summed E-state index contributed by atoms with van der Waals surface area (Å²) in [6.45, 7) is 1.33. The number of ether oxygens (including phenoxy) is 1. The third-order valence-corrected chi connectivity index (χ3v) is 5.81. The van der Waals surface area contributed by atoms with E-state index >= 15 is 0 Å². The Morgan fingerprint density at radius 3 is 3.19 bits per heavy atom. The molecule has 6 heteroatoms. The lowest BCUT2D eigenvalue weighted by Gasteiger charge is -2.37. The SMILES string of the molecule is O=C(c1csc(-c2ccsc2)n1)N1CCO[C@@H]2CCC[C@H]21. The minimum absolute atomic E-state index is 0.0629. The molecule has 1 aliphatic carbocycles. The van der Waals surface area contributed by atoms with Gasteiger partial charge in [0.05, 0.1) is 18.8 Å². The number of morpholine rings is 1. The maximum atomic E-state index is 12.7. The number of thiophene rings is 1. The first-order valence-electron chi connectivity index (χ1n) is 7.23. The van der Waals surface area contributed by atoms with Crippen LogP contribution in [0.25, 0.3) is 10.6 Å². The van der Waals surface area contributed by atoms with Crippen LogP contribution in [0.1, 0.15) is 29.8 Å². The molecule has 3 heterocycles. The normalized spacial score (nSPS) is 25.0. The molecule has 0 unspecified atom stereocenters. The van der Waals surface area contributed by atoms with Crippen LogP contribution in [0.4, 0.5) is 0 Å². The molecule has 0 radical (unpaired) electrons. The predicted molar refractivity (Wildman–Crippen MR) is 83.8 cm³/mol. The van der Waals surface area contributed by atoms with Gasteiger partial charge in [-0.1, -0.05) is 0 Å². The Balaban J connectivity index is 1.57. The molecular formula is C15H16N2O2S2. The van der Waals surface area contributed by atoms with E-state index in [1.807, 2.05) is 21.7 Å². The van der Waals surface area contributed by atoms with Crippen LogP contribution >= 0.6 is 22.7 Å². The Kier molecular flexibility index (Phi) is 3.52. The van der Waals surface area contributed by atoms with E-state index in [1.165, 1.54) is 0 Å². The summed E-state index contributed by atoms with van der Waals surface area (Å²) in [5.41, 5.74) is 1.68. The maximum absolute atomic E-state index is 12.7. The highest BCUT2D eigenvalue weighted by molar-refractivity contribution is 7.14. The average molecular weight is 320 g/mol. The van der Waals surface area contributed by atoms with Crippen molar-refractivity contribution in [3.05, 3.63) is 27.9 Å². The molecule has 4 rings (SSSR count). The third-order valence-electron chi connectivity index (χ3n) is 4.23. The van der Waals surface area contributed by atoms with Gasteiger partial charge in [0.2, 0.25) is 0 Å². The van der Waals surface area contributed by atoms with Crippen molar-refractivity contribution in [3.63, 3.8) is 0 Å². The second kappa shape index (κ2) is 5.51. The molecule has 1 amide bonds. The molecule has 2 aromatic heterocycles. The highest BCUT2D eigenvalue weighted by atomic mass is 32.1. The van der Waals surface area contributed by atoms with Gasteiger partial charge in [-0.2, -0.15) is 11.3 Å². The molecule has 2 fully saturated rings. The molecule has 0 aromatic carbocycles. The van der Waals surface area contributed by atoms with Gasteiger partial charge >= 0.3 is 0 Å². The number of thiazole rings is 1. The molecule has 0 bridgehead atoms. The predicted octanol–water partition coefficient (Wildman–Crippen LogP) is 3.27. The van der Waals surface area contributed by atoms with Crippen molar-refractivity contribution in [1.29, 1.82) is 0 Å². The summed E-state index contributed by atoms with van der Waals surface area (Å²) in [6, 6.07) is 2.29. The minimum atomic E-state index is 0.0629. The zero-order valence-electron chi connectivity index (χ0n) is 11.5. The van der Waals surface area contributed by atoms with Crippen molar-refractivity contribution in [2.45, 2.75) is 31.4 Å². The van der Waals surface area contributed by atoms with Gasteiger partial charge in [-0.25, -0.2) is 4.98 Å². The van der Waals surface area contributed by atoms with Crippen molar-refractivity contribution in [1.82, 2.24) is 9.88 Å². The van der Waals surface area contributed by atoms with E-state index in [1.54, 1.807) is 22.7 Å². The Bertz CT molecular complexity index is 638. The van der Waals surface area contributed by atoms with Crippen LogP contribution in [0.3, 0.4) is 0 Å². The molecule has 1 saturated heterocycles. The number of nitrogens with zero attached hydrogens (tertiary/aromatic N) is 2. The molecule has 4 nitrogen and oxygen atoms in total. The lowest BCUT2D eigenvalue weighted by molar-refractivity contribution is -0.0447. The highest BCUT2D eigenvalue weighted by Crippen LogP contribution is 2.32. The smallest absolute Gasteiger partial charge is 0.273 e. The summed E-state index contributed by atoms with van der Waals surface area (Å²) in [5, 5.41) is 6.91. The Morgan fingerprint density at radius 1 is 1.38 bits per heavy atom. The van der Waals surface area contributed by atoms with E-state index in [-0.39, 0.29) is 18.1 Å². The van der Waals surface area contributed by atoms with Crippen molar-refractivity contribution < 1.29 is 9.53 Å². The zero-order chi connectivity index (χ0) is 14.2. The highest BCUT2D eigenvalue weighted by Gasteiger charge is 2.39. The number of fused-ring (bicyclic) bond motifs is 1. The molecule has 0 spiro atoms. The fraction of sp³-hybridized carbons (Fsp3) is 0.467. The zero-order valence-corrected chi connectivity index (χ0v) is 13.2. The molecule has 2 aromatic rings. The van der Waals surface area contributed by atoms with Crippen LogP contribution in [-0.2, 0) is 4.74 Å². The Hall–Kier alpha value is -1.24. The monoisotopic (exact) mass is 320 g/mol. The van der Waals surface area contributed by atoms with Crippen LogP contribution in [0.15, 0.2) is 22.2 Å². The van der Waals surface area contributed by atoms with Gasteiger partial charge in [0.25, 0.3) is 5.91 Å². The number of rotatable bonds is 2. The van der Waals surface area contributed by atoms with E-state index in [9.17, 15) is 4.79 Å². The van der Waals surface area contributed by atoms with Gasteiger partial charge in [-0.3, -0.25) is 4.79 Å². The van der Waals surface area contributed by atoms with Crippen LogP contribution in [0, 0.1) is 0 Å². The summed E-state index contributed by atoms with van der Waals surface area (Å²) >= 11 is 3.19. The molecule has 110 valence electrons. The van der Waals surface area contributed by atoms with E-state index in [0.717, 1.165) is 29.8 Å². The van der Waals surface area contributed by atoms with Crippen LogP contribution in [0.2, 0.25) is 0 Å². The lowest BCUT2D eigenvalue weighted by atomic mass is 10.1. The van der Waals surface area contributed by atoms with E-state index in [2.05, 4.69) is 10.4 Å². The largest absolute Gasteiger partial charge is 0.374 e. The summed E-state index contributed by atoms with van der Waals surface area (Å²) in [7, 11) is 0. The average Bonchev–Trinajstić information content (AvgIpc) is 3.23. The maximum Gasteiger partial charge on any atom is 0.273 e. The number of carbonyl (C=O) groups excluding carboxylic acids is 1. The van der Waals surface area contributed by atoms with Gasteiger partial charge in [0.1, 0.15) is 10.7 Å². The van der Waals surface area contributed by atoms with Gasteiger partial charge in [-0.05, 0) is 30.7 Å². The summed E-state index contributed by atoms with van der Waals surface area (Å²) in [6.07, 6.45) is 3.51. The third kappa shape index (κ3) is 2.41. The number of carbonyl (C=O) groups is 1. The van der Waals surface area contributed by atoms with Crippen molar-refractivity contribution in [2.75, 3.05) is 13.2 Å². The van der Waals surface area contributed by atoms with Crippen molar-refractivity contribution >= 4 is 28.6 Å². The first-order valence-corrected chi connectivity index (χ1v) is 9.06. The Morgan fingerprint density at radius 2 is 2.33 bits per heavy atom. The van der Waals surface area contributed by atoms with Gasteiger partial charge in [-0.15, -0.1) is 11.3 Å². The molecule has 1 aliphatic heterocycles. The fourth-order valence-electron chi connectivity index (χ4n) is 3.22. The standard InChI is InChI=1S/C15H16N2O2S2/c18-15(17-5-6-19-13-3-1-2-12(13)17)11-9-21-14(16-11)10-4-7-20-8-10/h4,7-9,12-13H,1-3,5-6H2/t12-,13-/m1/s1. The molecule has 1 saturated carbocycles. The van der Waals surface area contributed by atoms with Gasteiger partial charge < -0.3 is 9.64 Å². The molecular weight excluding hydrogens is 304 g/mol. The number of hydrogen-bond donors (Lipinski definition) is 0. The quantitative estimate of drug-likeness (QED) is 0.853. The van der Waals surface area contributed by atoms with E-state index < -0.39 is 0 Å². The first kappa shape index (κ1) is 13.4. The van der Waals surface area contributed by atoms with Crippen LogP contribution < -0.4 is 0 Å². The second-order valence-electron chi connectivity index (χ2n) is 5.46. The minimum Gasteiger partial charge on any atom is -0.374 e. The Labute approximate surface area is 131 Å².